The fourth-order valence-corrected chi connectivity index (χ4v) is 1.31. The number of aliphatic hydroxyl groups excluding tert-OH is 4. The van der Waals surface area contributed by atoms with Gasteiger partial charge in [-0.05, 0) is 0 Å². The van der Waals surface area contributed by atoms with Crippen molar-refractivity contribution in [1.29, 1.82) is 0 Å². The molecule has 0 saturated carbocycles. The van der Waals surface area contributed by atoms with Gasteiger partial charge in [-0.2, -0.15) is 0 Å². The molecule has 0 aliphatic carbocycles. The zero-order valence-corrected chi connectivity index (χ0v) is 12.4. The van der Waals surface area contributed by atoms with Gasteiger partial charge in [0.25, 0.3) is 0 Å². The number of hydrogen-bond donors (Lipinski definition) is 4. The average molecular weight is 358 g/mol. The zero-order chi connectivity index (χ0) is 18.9. The first kappa shape index (κ1) is 21.4. The molecule has 0 aromatic heterocycles. The number of aliphatic hydroxyl groups is 4. The van der Waals surface area contributed by atoms with Gasteiger partial charge in [0.1, 0.15) is 0 Å². The molecule has 1 fully saturated rings. The lowest BCUT2D eigenvalue weighted by molar-refractivity contribution is -0.775. The van der Waals surface area contributed by atoms with Crippen molar-refractivity contribution in [2.45, 2.75) is 0 Å². The van der Waals surface area contributed by atoms with Crippen LogP contribution in [0.25, 0.3) is 0 Å². The molecule has 0 atom stereocenters. The fraction of sp³-hybridized carbons (Fsp3) is 1.00. The Labute approximate surface area is 134 Å². The molecule has 0 spiro atoms. The van der Waals surface area contributed by atoms with E-state index in [0.29, 0.717) is 15.0 Å². The second kappa shape index (κ2) is 9.55. The molecule has 1 heterocycles. The van der Waals surface area contributed by atoms with E-state index in [1.165, 1.54) is 0 Å². The van der Waals surface area contributed by atoms with Gasteiger partial charge in [-0.15, -0.1) is 0 Å². The molecule has 0 aromatic rings. The van der Waals surface area contributed by atoms with Crippen LogP contribution in [-0.2, 0) is 0 Å². The maximum absolute atomic E-state index is 10.3. The Kier molecular flexibility index (Phi) is 8.53. The molecule has 140 valence electrons. The smallest absolute Gasteiger partial charge is 0.212 e. The molecule has 0 aromatic carbocycles. The summed E-state index contributed by atoms with van der Waals surface area (Å²) in [6.45, 7) is -3.40. The van der Waals surface area contributed by atoms with Crippen molar-refractivity contribution >= 4 is 0 Å². The summed E-state index contributed by atoms with van der Waals surface area (Å²) in [7, 11) is 0. The minimum absolute atomic E-state index is 0.370. The molecule has 0 radical (unpaired) electrons. The molecule has 1 aliphatic rings. The third kappa shape index (κ3) is 5.91. The standard InChI is InChI=1S/C5H12O4.C3H6N6O6/c6-1-5(2-7,3-8)4-9;10-7(11)4-1-5(8(12)13)3-6(2-4)9(14)15/h6-9H,1-4H2;1-3H2. The van der Waals surface area contributed by atoms with E-state index in [4.69, 9.17) is 20.4 Å². The maximum Gasteiger partial charge on any atom is 0.212 e. The van der Waals surface area contributed by atoms with Gasteiger partial charge in [-0.25, -0.2) is 30.3 Å². The molecule has 24 heavy (non-hydrogen) atoms. The lowest BCUT2D eigenvalue weighted by Crippen LogP contribution is -2.59. The summed E-state index contributed by atoms with van der Waals surface area (Å²) >= 11 is 0. The first-order valence-electron chi connectivity index (χ1n) is 6.27. The third-order valence-corrected chi connectivity index (χ3v) is 3.01. The van der Waals surface area contributed by atoms with Gasteiger partial charge in [-0.1, -0.05) is 15.0 Å². The van der Waals surface area contributed by atoms with Crippen LogP contribution >= 0.6 is 0 Å². The summed E-state index contributed by atoms with van der Waals surface area (Å²) in [5.41, 5.74) is -1.11. The summed E-state index contributed by atoms with van der Waals surface area (Å²) in [4.78, 5) is 31.0. The van der Waals surface area contributed by atoms with E-state index in [-0.39, 0.29) is 0 Å². The van der Waals surface area contributed by atoms with Crippen LogP contribution in [0, 0.1) is 35.8 Å². The summed E-state index contributed by atoms with van der Waals surface area (Å²) in [6.07, 6.45) is 0. The molecule has 1 aliphatic heterocycles. The van der Waals surface area contributed by atoms with Crippen molar-refractivity contribution < 1.29 is 35.5 Å². The average Bonchev–Trinajstić information content (AvgIpc) is 2.57. The van der Waals surface area contributed by atoms with Gasteiger partial charge < -0.3 is 20.4 Å². The van der Waals surface area contributed by atoms with E-state index >= 15 is 0 Å². The van der Waals surface area contributed by atoms with E-state index in [0.717, 1.165) is 0 Å². The highest BCUT2D eigenvalue weighted by molar-refractivity contribution is 4.74. The van der Waals surface area contributed by atoms with Crippen LogP contribution in [0.3, 0.4) is 0 Å². The molecule has 16 heteroatoms. The van der Waals surface area contributed by atoms with Gasteiger partial charge in [0.15, 0.2) is 15.1 Å². The van der Waals surface area contributed by atoms with Crippen LogP contribution < -0.4 is 0 Å². The molecule has 1 rings (SSSR count). The second-order valence-electron chi connectivity index (χ2n) is 4.79. The van der Waals surface area contributed by atoms with Gasteiger partial charge in [0.05, 0.1) is 31.8 Å². The van der Waals surface area contributed by atoms with Crippen LogP contribution in [0.4, 0.5) is 0 Å². The quantitative estimate of drug-likeness (QED) is 0.254. The molecule has 0 amide bonds. The summed E-state index contributed by atoms with van der Waals surface area (Å²) in [5, 5.41) is 63.3. The van der Waals surface area contributed by atoms with Crippen LogP contribution in [-0.4, -0.2) is 97.0 Å². The minimum Gasteiger partial charge on any atom is -0.396 e. The Morgan fingerprint density at radius 1 is 0.667 bits per heavy atom. The first-order valence-corrected chi connectivity index (χ1v) is 6.27. The van der Waals surface area contributed by atoms with Crippen LogP contribution in [0.15, 0.2) is 0 Å². The van der Waals surface area contributed by atoms with E-state index < -0.39 is 66.9 Å². The molecular weight excluding hydrogens is 340 g/mol. The largest absolute Gasteiger partial charge is 0.396 e. The Morgan fingerprint density at radius 2 is 0.875 bits per heavy atom. The van der Waals surface area contributed by atoms with Gasteiger partial charge in [0.2, 0.25) is 20.0 Å². The van der Waals surface area contributed by atoms with E-state index in [1.807, 2.05) is 0 Å². The molecule has 16 nitrogen and oxygen atoms in total. The van der Waals surface area contributed by atoms with Crippen molar-refractivity contribution in [3.8, 4) is 0 Å². The SMILES string of the molecule is O=[N+]([O-])N1CN([N+](=O)[O-])CN([N+](=O)[O-])C1.OCC(CO)(CO)CO. The van der Waals surface area contributed by atoms with Crippen molar-refractivity contribution in [2.75, 3.05) is 46.4 Å². The fourth-order valence-electron chi connectivity index (χ4n) is 1.31. The topological polar surface area (TPSA) is 220 Å². The lowest BCUT2D eigenvalue weighted by atomic mass is 9.93. The Balaban J connectivity index is 0.000000506. The monoisotopic (exact) mass is 358 g/mol. The summed E-state index contributed by atoms with van der Waals surface area (Å²) in [6, 6.07) is 0. The van der Waals surface area contributed by atoms with Crippen LogP contribution in [0.1, 0.15) is 0 Å². The Bertz CT molecular complexity index is 374. The predicted octanol–water partition coefficient (Wildman–Crippen LogP) is -3.70. The summed E-state index contributed by atoms with van der Waals surface area (Å²) < 4.78 is 0. The first-order chi connectivity index (χ1) is 11.2. The number of nitro groups is 3. The highest BCUT2D eigenvalue weighted by Gasteiger charge is 2.39. The Hall–Kier alpha value is -2.56. The molecule has 1 saturated heterocycles. The van der Waals surface area contributed by atoms with E-state index in [1.54, 1.807) is 0 Å². The van der Waals surface area contributed by atoms with Crippen molar-refractivity contribution in [2.24, 2.45) is 5.41 Å². The summed E-state index contributed by atoms with van der Waals surface area (Å²) in [5.74, 6) is 0. The molecule has 0 unspecified atom stereocenters. The lowest BCUT2D eigenvalue weighted by Gasteiger charge is -2.27. The van der Waals surface area contributed by atoms with Gasteiger partial charge in [0, 0.05) is 0 Å². The number of hydrogen-bond acceptors (Lipinski definition) is 10. The maximum atomic E-state index is 10.3. The predicted molar refractivity (Wildman–Crippen MR) is 71.9 cm³/mol. The number of nitrogens with zero attached hydrogens (tertiary/aromatic N) is 6. The zero-order valence-electron chi connectivity index (χ0n) is 12.4. The normalized spacial score (nSPS) is 14.8. The van der Waals surface area contributed by atoms with Crippen LogP contribution in [0.5, 0.6) is 0 Å². The van der Waals surface area contributed by atoms with Gasteiger partial charge in [-0.3, -0.25) is 0 Å². The number of rotatable bonds is 7. The van der Waals surface area contributed by atoms with E-state index in [2.05, 4.69) is 0 Å². The van der Waals surface area contributed by atoms with Crippen molar-refractivity contribution in [3.05, 3.63) is 30.3 Å². The third-order valence-electron chi connectivity index (χ3n) is 3.01. The Morgan fingerprint density at radius 3 is 0.958 bits per heavy atom. The van der Waals surface area contributed by atoms with Crippen molar-refractivity contribution in [1.82, 2.24) is 15.0 Å². The molecular formula is C8H18N6O10. The highest BCUT2D eigenvalue weighted by atomic mass is 16.7. The minimum atomic E-state index is -1.11. The van der Waals surface area contributed by atoms with Crippen LogP contribution in [0.2, 0.25) is 0 Å². The second-order valence-corrected chi connectivity index (χ2v) is 4.79. The molecule has 4 N–H and O–H groups in total. The highest BCUT2D eigenvalue weighted by Crippen LogP contribution is 2.11. The van der Waals surface area contributed by atoms with Crippen molar-refractivity contribution in [3.63, 3.8) is 0 Å². The van der Waals surface area contributed by atoms with E-state index in [9.17, 15) is 30.3 Å². The number of hydrazine groups is 3. The molecule has 0 bridgehead atoms. The van der Waals surface area contributed by atoms with Gasteiger partial charge >= 0.3 is 0 Å².